The van der Waals surface area contributed by atoms with Crippen molar-refractivity contribution in [2.45, 2.75) is 63.0 Å². The summed E-state index contributed by atoms with van der Waals surface area (Å²) < 4.78 is 81.0. The molecule has 1 aliphatic carbocycles. The molecule has 2 aromatic rings. The highest BCUT2D eigenvalue weighted by molar-refractivity contribution is 7.14. The van der Waals surface area contributed by atoms with E-state index >= 15 is 0 Å². The van der Waals surface area contributed by atoms with Crippen LogP contribution in [0.3, 0.4) is 0 Å². The number of aryl methyl sites for hydroxylation is 1. The second kappa shape index (κ2) is 9.73. The summed E-state index contributed by atoms with van der Waals surface area (Å²) >= 11 is 0.919. The normalized spacial score (nSPS) is 19.8. The van der Waals surface area contributed by atoms with Gasteiger partial charge in [0.15, 0.2) is 5.13 Å². The first-order valence-electron chi connectivity index (χ1n) is 10.6. The van der Waals surface area contributed by atoms with Gasteiger partial charge in [0, 0.05) is 23.4 Å². The van der Waals surface area contributed by atoms with Gasteiger partial charge >= 0.3 is 12.4 Å². The number of halogens is 6. The van der Waals surface area contributed by atoms with Crippen LogP contribution in [-0.4, -0.2) is 46.5 Å². The number of hydrogen-bond acceptors (Lipinski definition) is 5. The summed E-state index contributed by atoms with van der Waals surface area (Å²) in [5.74, 6) is -0.592. The van der Waals surface area contributed by atoms with Gasteiger partial charge in [-0.3, -0.25) is 4.79 Å². The zero-order valence-corrected chi connectivity index (χ0v) is 19.1. The molecule has 12 heteroatoms. The molecule has 188 valence electrons. The molecule has 34 heavy (non-hydrogen) atoms. The van der Waals surface area contributed by atoms with E-state index in [4.69, 9.17) is 5.73 Å². The van der Waals surface area contributed by atoms with Gasteiger partial charge in [-0.25, -0.2) is 4.98 Å². The third-order valence-corrected chi connectivity index (χ3v) is 7.05. The Morgan fingerprint density at radius 2 is 1.65 bits per heavy atom. The van der Waals surface area contributed by atoms with Gasteiger partial charge in [0.2, 0.25) is 5.91 Å². The zero-order valence-electron chi connectivity index (χ0n) is 18.3. The second-order valence-corrected chi connectivity index (χ2v) is 9.55. The Hall–Kier alpha value is -2.34. The van der Waals surface area contributed by atoms with Gasteiger partial charge in [0.05, 0.1) is 12.2 Å². The second-order valence-electron chi connectivity index (χ2n) is 8.71. The lowest BCUT2D eigenvalue weighted by Crippen LogP contribution is -2.64. The van der Waals surface area contributed by atoms with Crippen molar-refractivity contribution in [2.24, 2.45) is 11.7 Å². The molecule has 0 aliphatic heterocycles. The van der Waals surface area contributed by atoms with E-state index in [9.17, 15) is 36.2 Å². The number of anilines is 1. The number of aliphatic hydroxyl groups is 1. The van der Waals surface area contributed by atoms with Crippen molar-refractivity contribution in [2.75, 3.05) is 11.4 Å². The van der Waals surface area contributed by atoms with Crippen LogP contribution in [0.1, 0.15) is 37.7 Å². The first-order valence-corrected chi connectivity index (χ1v) is 11.5. The quantitative estimate of drug-likeness (QED) is 0.502. The van der Waals surface area contributed by atoms with Gasteiger partial charge in [0.1, 0.15) is 0 Å². The van der Waals surface area contributed by atoms with E-state index in [1.807, 2.05) is 19.1 Å². The van der Waals surface area contributed by atoms with E-state index in [1.165, 1.54) is 0 Å². The van der Waals surface area contributed by atoms with Crippen LogP contribution in [0.15, 0.2) is 29.6 Å². The molecule has 0 unspecified atom stereocenters. The van der Waals surface area contributed by atoms with E-state index < -0.39 is 36.4 Å². The summed E-state index contributed by atoms with van der Waals surface area (Å²) in [6, 6.07) is 6.43. The molecule has 1 heterocycles. The lowest BCUT2D eigenvalue weighted by atomic mass is 9.83. The van der Waals surface area contributed by atoms with Crippen molar-refractivity contribution >= 4 is 22.4 Å². The van der Waals surface area contributed by atoms with Crippen LogP contribution in [0.5, 0.6) is 0 Å². The smallest absolute Gasteiger partial charge is 0.372 e. The van der Waals surface area contributed by atoms with Gasteiger partial charge in [-0.15, -0.1) is 11.3 Å². The van der Waals surface area contributed by atoms with Crippen LogP contribution in [-0.2, 0) is 4.79 Å². The number of benzene rings is 1. The fourth-order valence-corrected chi connectivity index (χ4v) is 5.04. The predicted molar refractivity (Wildman–Crippen MR) is 116 cm³/mol. The standard InChI is InChI=1S/C22H25F6N3O2S/c1-13-2-6-15(7-3-13)17-11-34-19(30-17)31(12-20(33,21(23,24)25)22(26,27)28)16-8-4-14(5-9-16)10-18(29)32/h2-3,6-7,11,14,16,33H,4-5,8-10,12H2,1H3,(H2,29,32). The molecule has 0 atom stereocenters. The summed E-state index contributed by atoms with van der Waals surface area (Å²) in [6.45, 7) is 0.147. The molecule has 1 fully saturated rings. The number of amides is 1. The zero-order chi connectivity index (χ0) is 25.3. The number of carbonyl (C=O) groups excluding carboxylic acids is 1. The van der Waals surface area contributed by atoms with Crippen LogP contribution in [0.4, 0.5) is 31.5 Å². The minimum atomic E-state index is -5.94. The van der Waals surface area contributed by atoms with Gasteiger partial charge in [-0.2, -0.15) is 26.3 Å². The highest BCUT2D eigenvalue weighted by atomic mass is 32.1. The molecule has 1 aliphatic rings. The summed E-state index contributed by atoms with van der Waals surface area (Å²) in [5.41, 5.74) is 2.34. The number of thiazole rings is 1. The number of alkyl halides is 6. The van der Waals surface area contributed by atoms with Crippen molar-refractivity contribution in [3.8, 4) is 11.3 Å². The van der Waals surface area contributed by atoms with E-state index in [-0.39, 0.29) is 30.3 Å². The SMILES string of the molecule is Cc1ccc(-c2csc(N(CC(O)(C(F)(F)F)C(F)(F)F)C3CCC(CC(N)=O)CC3)n2)cc1. The van der Waals surface area contributed by atoms with Gasteiger partial charge in [0.25, 0.3) is 5.60 Å². The maximum Gasteiger partial charge on any atom is 0.428 e. The molecular formula is C22H25F6N3O2S. The monoisotopic (exact) mass is 509 g/mol. The molecular weight excluding hydrogens is 484 g/mol. The fraction of sp³-hybridized carbons (Fsp3) is 0.545. The largest absolute Gasteiger partial charge is 0.428 e. The summed E-state index contributed by atoms with van der Waals surface area (Å²) in [7, 11) is 0. The van der Waals surface area contributed by atoms with Gasteiger partial charge in [-0.1, -0.05) is 29.8 Å². The number of carbonyl (C=O) groups is 1. The average Bonchev–Trinajstić information content (AvgIpc) is 3.21. The topological polar surface area (TPSA) is 79.5 Å². The average molecular weight is 510 g/mol. The number of primary amides is 1. The Kier molecular flexibility index (Phi) is 7.51. The Labute approximate surface area is 196 Å². The fourth-order valence-electron chi connectivity index (χ4n) is 4.14. The number of rotatable bonds is 7. The molecule has 3 rings (SSSR count). The Balaban J connectivity index is 1.94. The molecule has 3 N–H and O–H groups in total. The van der Waals surface area contributed by atoms with Crippen molar-refractivity contribution < 1.29 is 36.2 Å². The maximum absolute atomic E-state index is 13.5. The summed E-state index contributed by atoms with van der Waals surface area (Å²) in [5, 5.41) is 11.4. The van der Waals surface area contributed by atoms with Crippen LogP contribution in [0.2, 0.25) is 0 Å². The lowest BCUT2D eigenvalue weighted by Gasteiger charge is -2.42. The molecule has 1 aromatic heterocycles. The maximum atomic E-state index is 13.5. The van der Waals surface area contributed by atoms with E-state index in [2.05, 4.69) is 4.98 Å². The third kappa shape index (κ3) is 5.65. The minimum absolute atomic E-state index is 0.0409. The van der Waals surface area contributed by atoms with Crippen LogP contribution >= 0.6 is 11.3 Å². The number of aromatic nitrogens is 1. The Morgan fingerprint density at radius 3 is 2.15 bits per heavy atom. The molecule has 1 aromatic carbocycles. The van der Waals surface area contributed by atoms with Crippen LogP contribution in [0, 0.1) is 12.8 Å². The Bertz CT molecular complexity index is 968. The summed E-state index contributed by atoms with van der Waals surface area (Å²) in [6.07, 6.45) is -10.5. The van der Waals surface area contributed by atoms with Crippen LogP contribution in [0.25, 0.3) is 11.3 Å². The summed E-state index contributed by atoms with van der Waals surface area (Å²) in [4.78, 5) is 16.4. The molecule has 0 saturated heterocycles. The van der Waals surface area contributed by atoms with E-state index in [1.54, 1.807) is 17.5 Å². The lowest BCUT2D eigenvalue weighted by molar-refractivity contribution is -0.363. The van der Waals surface area contributed by atoms with Crippen LogP contribution < -0.4 is 10.6 Å². The minimum Gasteiger partial charge on any atom is -0.372 e. The third-order valence-electron chi connectivity index (χ3n) is 6.17. The molecule has 1 amide bonds. The van der Waals surface area contributed by atoms with Crippen molar-refractivity contribution in [1.82, 2.24) is 4.98 Å². The first kappa shape index (κ1) is 26.3. The van der Waals surface area contributed by atoms with Crippen molar-refractivity contribution in [3.05, 3.63) is 35.2 Å². The highest BCUT2D eigenvalue weighted by Crippen LogP contribution is 2.46. The number of nitrogens with zero attached hydrogens (tertiary/aromatic N) is 2. The molecule has 5 nitrogen and oxygen atoms in total. The van der Waals surface area contributed by atoms with E-state index in [0.29, 0.717) is 24.1 Å². The van der Waals surface area contributed by atoms with E-state index in [0.717, 1.165) is 21.8 Å². The number of hydrogen-bond donors (Lipinski definition) is 2. The van der Waals surface area contributed by atoms with Crippen molar-refractivity contribution in [1.29, 1.82) is 0 Å². The molecule has 1 saturated carbocycles. The first-order chi connectivity index (χ1) is 15.7. The van der Waals surface area contributed by atoms with Gasteiger partial charge < -0.3 is 15.7 Å². The predicted octanol–water partition coefficient (Wildman–Crippen LogP) is 5.21. The number of nitrogens with two attached hydrogens (primary N) is 1. The van der Waals surface area contributed by atoms with Gasteiger partial charge in [-0.05, 0) is 38.5 Å². The molecule has 0 radical (unpaired) electrons. The Morgan fingerprint density at radius 1 is 1.09 bits per heavy atom. The molecule has 0 bridgehead atoms. The van der Waals surface area contributed by atoms with Crippen molar-refractivity contribution in [3.63, 3.8) is 0 Å². The highest BCUT2D eigenvalue weighted by Gasteiger charge is 2.71. The molecule has 0 spiro atoms.